The van der Waals surface area contributed by atoms with Gasteiger partial charge in [-0.25, -0.2) is 4.39 Å². The number of rotatable bonds is 2. The molecule has 1 atom stereocenters. The van der Waals surface area contributed by atoms with Crippen LogP contribution in [-0.2, 0) is 11.2 Å². The van der Waals surface area contributed by atoms with Crippen molar-refractivity contribution in [1.29, 1.82) is 0 Å². The van der Waals surface area contributed by atoms with Gasteiger partial charge >= 0.3 is 5.97 Å². The molecule has 80 valence electrons. The number of carboxylic acid groups (broad SMARTS) is 1. The molecule has 1 aromatic rings. The second kappa shape index (κ2) is 3.88. The van der Waals surface area contributed by atoms with Crippen LogP contribution < -0.4 is 5.32 Å². The quantitative estimate of drug-likeness (QED) is 0.783. The minimum atomic E-state index is -0.827. The molecule has 1 aliphatic rings. The van der Waals surface area contributed by atoms with Crippen LogP contribution in [0.2, 0.25) is 0 Å². The fourth-order valence-electron chi connectivity index (χ4n) is 1.89. The van der Waals surface area contributed by atoms with E-state index in [0.717, 1.165) is 24.1 Å². The summed E-state index contributed by atoms with van der Waals surface area (Å²) in [6.07, 6.45) is 1.67. The lowest BCUT2D eigenvalue weighted by molar-refractivity contribution is -0.137. The van der Waals surface area contributed by atoms with Gasteiger partial charge in [0.1, 0.15) is 5.82 Å². The molecule has 1 unspecified atom stereocenters. The third-order valence-corrected chi connectivity index (χ3v) is 2.61. The first kappa shape index (κ1) is 9.96. The van der Waals surface area contributed by atoms with Crippen LogP contribution in [0.1, 0.15) is 18.4 Å². The highest BCUT2D eigenvalue weighted by Gasteiger charge is 2.19. The Labute approximate surface area is 86.9 Å². The average molecular weight is 209 g/mol. The first-order valence-corrected chi connectivity index (χ1v) is 4.92. The molecule has 0 amide bonds. The zero-order valence-electron chi connectivity index (χ0n) is 8.16. The van der Waals surface area contributed by atoms with E-state index in [0.29, 0.717) is 0 Å². The van der Waals surface area contributed by atoms with Gasteiger partial charge in [0.2, 0.25) is 0 Å². The van der Waals surface area contributed by atoms with Gasteiger partial charge in [0.15, 0.2) is 0 Å². The zero-order chi connectivity index (χ0) is 10.8. The molecule has 0 aliphatic carbocycles. The summed E-state index contributed by atoms with van der Waals surface area (Å²) in [5, 5.41) is 11.7. The van der Waals surface area contributed by atoms with Crippen molar-refractivity contribution in [3.05, 3.63) is 29.6 Å². The average Bonchev–Trinajstić information content (AvgIpc) is 2.16. The van der Waals surface area contributed by atoms with E-state index in [9.17, 15) is 9.18 Å². The zero-order valence-corrected chi connectivity index (χ0v) is 8.16. The van der Waals surface area contributed by atoms with E-state index < -0.39 is 5.97 Å². The van der Waals surface area contributed by atoms with Crippen LogP contribution >= 0.6 is 0 Å². The molecule has 2 N–H and O–H groups in total. The summed E-state index contributed by atoms with van der Waals surface area (Å²) in [6, 6.07) is 4.51. The SMILES string of the molecule is O=C(O)CC1CCc2ccc(F)cc2N1. The molecule has 1 aromatic carbocycles. The van der Waals surface area contributed by atoms with Crippen molar-refractivity contribution in [2.45, 2.75) is 25.3 Å². The van der Waals surface area contributed by atoms with Crippen molar-refractivity contribution in [3.8, 4) is 0 Å². The number of carbonyl (C=O) groups is 1. The Balaban J connectivity index is 2.14. The summed E-state index contributed by atoms with van der Waals surface area (Å²) >= 11 is 0. The van der Waals surface area contributed by atoms with E-state index in [1.165, 1.54) is 12.1 Å². The minimum Gasteiger partial charge on any atom is -0.481 e. The molecule has 0 saturated carbocycles. The maximum atomic E-state index is 12.9. The van der Waals surface area contributed by atoms with Crippen LogP contribution in [-0.4, -0.2) is 17.1 Å². The van der Waals surface area contributed by atoms with Gasteiger partial charge in [0, 0.05) is 11.7 Å². The Bertz CT molecular complexity index is 392. The Hall–Kier alpha value is -1.58. The van der Waals surface area contributed by atoms with Crippen LogP contribution in [0.3, 0.4) is 0 Å². The van der Waals surface area contributed by atoms with Crippen LogP contribution in [0.25, 0.3) is 0 Å². The highest BCUT2D eigenvalue weighted by atomic mass is 19.1. The topological polar surface area (TPSA) is 49.3 Å². The maximum Gasteiger partial charge on any atom is 0.305 e. The first-order valence-electron chi connectivity index (χ1n) is 4.92. The summed E-state index contributed by atoms with van der Waals surface area (Å²) in [6.45, 7) is 0. The van der Waals surface area contributed by atoms with Crippen molar-refractivity contribution in [3.63, 3.8) is 0 Å². The number of hydrogen-bond acceptors (Lipinski definition) is 2. The fraction of sp³-hybridized carbons (Fsp3) is 0.364. The third kappa shape index (κ3) is 2.26. The standard InChI is InChI=1S/C11H12FNO2/c12-8-3-1-7-2-4-9(6-11(14)15)13-10(7)5-8/h1,3,5,9,13H,2,4,6H2,(H,14,15). The van der Waals surface area contributed by atoms with Gasteiger partial charge < -0.3 is 10.4 Å². The van der Waals surface area contributed by atoms with Crippen LogP contribution in [0.5, 0.6) is 0 Å². The summed E-state index contributed by atoms with van der Waals surface area (Å²) in [7, 11) is 0. The predicted molar refractivity (Wildman–Crippen MR) is 54.4 cm³/mol. The molecule has 3 nitrogen and oxygen atoms in total. The first-order chi connectivity index (χ1) is 7.15. The number of nitrogens with one attached hydrogen (secondary N) is 1. The molecule has 0 aromatic heterocycles. The Morgan fingerprint density at radius 1 is 1.60 bits per heavy atom. The van der Waals surface area contributed by atoms with Gasteiger partial charge in [-0.1, -0.05) is 6.07 Å². The van der Waals surface area contributed by atoms with Crippen molar-refractivity contribution in [2.75, 3.05) is 5.32 Å². The molecule has 1 aliphatic heterocycles. The summed E-state index contributed by atoms with van der Waals surface area (Å²) in [4.78, 5) is 10.5. The maximum absolute atomic E-state index is 12.9. The normalized spacial score (nSPS) is 19.1. The van der Waals surface area contributed by atoms with Crippen LogP contribution in [0.4, 0.5) is 10.1 Å². The highest BCUT2D eigenvalue weighted by Crippen LogP contribution is 2.26. The summed E-state index contributed by atoms with van der Waals surface area (Å²) in [5.74, 6) is -1.12. The second-order valence-electron chi connectivity index (χ2n) is 3.78. The lowest BCUT2D eigenvalue weighted by Gasteiger charge is -2.25. The lowest BCUT2D eigenvalue weighted by Crippen LogP contribution is -2.28. The lowest BCUT2D eigenvalue weighted by atomic mass is 9.96. The monoisotopic (exact) mass is 209 g/mol. The highest BCUT2D eigenvalue weighted by molar-refractivity contribution is 5.69. The van der Waals surface area contributed by atoms with E-state index in [4.69, 9.17) is 5.11 Å². The number of aliphatic carboxylic acids is 1. The number of hydrogen-bond donors (Lipinski definition) is 2. The van der Waals surface area contributed by atoms with Gasteiger partial charge in [-0.15, -0.1) is 0 Å². The van der Waals surface area contributed by atoms with Crippen molar-refractivity contribution >= 4 is 11.7 Å². The molecule has 2 rings (SSSR count). The number of aryl methyl sites for hydroxylation is 1. The van der Waals surface area contributed by atoms with Gasteiger partial charge in [-0.05, 0) is 30.5 Å². The molecular formula is C11H12FNO2. The fourth-order valence-corrected chi connectivity index (χ4v) is 1.89. The molecular weight excluding hydrogens is 197 g/mol. The molecule has 0 bridgehead atoms. The van der Waals surface area contributed by atoms with Gasteiger partial charge in [0.05, 0.1) is 6.42 Å². The Morgan fingerprint density at radius 3 is 3.13 bits per heavy atom. The molecule has 0 radical (unpaired) electrons. The van der Waals surface area contributed by atoms with Crippen molar-refractivity contribution in [2.24, 2.45) is 0 Å². The summed E-state index contributed by atoms with van der Waals surface area (Å²) < 4.78 is 12.9. The predicted octanol–water partition coefficient (Wildman–Crippen LogP) is 2.03. The molecule has 0 fully saturated rings. The van der Waals surface area contributed by atoms with Gasteiger partial charge in [-0.3, -0.25) is 4.79 Å². The molecule has 0 saturated heterocycles. The molecule has 1 heterocycles. The largest absolute Gasteiger partial charge is 0.481 e. The third-order valence-electron chi connectivity index (χ3n) is 2.61. The van der Waals surface area contributed by atoms with Crippen molar-refractivity contribution < 1.29 is 14.3 Å². The number of benzene rings is 1. The number of anilines is 1. The molecule has 4 heteroatoms. The van der Waals surface area contributed by atoms with Gasteiger partial charge in [0.25, 0.3) is 0 Å². The van der Waals surface area contributed by atoms with Crippen molar-refractivity contribution in [1.82, 2.24) is 0 Å². The smallest absolute Gasteiger partial charge is 0.305 e. The molecule has 15 heavy (non-hydrogen) atoms. The van der Waals surface area contributed by atoms with E-state index >= 15 is 0 Å². The minimum absolute atomic E-state index is 0.0793. The summed E-state index contributed by atoms with van der Waals surface area (Å²) in [5.41, 5.74) is 1.78. The van der Waals surface area contributed by atoms with E-state index in [2.05, 4.69) is 5.32 Å². The Morgan fingerprint density at radius 2 is 2.40 bits per heavy atom. The van der Waals surface area contributed by atoms with E-state index in [1.807, 2.05) is 0 Å². The number of halogens is 1. The van der Waals surface area contributed by atoms with Crippen LogP contribution in [0, 0.1) is 5.82 Å². The molecule has 0 spiro atoms. The number of carboxylic acids is 1. The van der Waals surface area contributed by atoms with E-state index in [1.54, 1.807) is 6.07 Å². The van der Waals surface area contributed by atoms with Crippen LogP contribution in [0.15, 0.2) is 18.2 Å². The Kier molecular flexibility index (Phi) is 2.58. The number of fused-ring (bicyclic) bond motifs is 1. The van der Waals surface area contributed by atoms with E-state index in [-0.39, 0.29) is 18.3 Å². The second-order valence-corrected chi connectivity index (χ2v) is 3.78. The van der Waals surface area contributed by atoms with Gasteiger partial charge in [-0.2, -0.15) is 0 Å².